The lowest BCUT2D eigenvalue weighted by Gasteiger charge is -2.27. The van der Waals surface area contributed by atoms with Crippen LogP contribution in [-0.4, -0.2) is 35.8 Å². The summed E-state index contributed by atoms with van der Waals surface area (Å²) in [4.78, 5) is 27.6. The molecular formula is C28H25N3O4. The number of fused-ring (bicyclic) bond motifs is 1. The molecule has 1 N–H and O–H groups in total. The highest BCUT2D eigenvalue weighted by atomic mass is 16.5. The van der Waals surface area contributed by atoms with Crippen LogP contribution in [0, 0.1) is 6.92 Å². The van der Waals surface area contributed by atoms with Crippen LogP contribution >= 0.6 is 0 Å². The molecule has 0 unspecified atom stereocenters. The van der Waals surface area contributed by atoms with Crippen molar-refractivity contribution in [1.29, 1.82) is 0 Å². The van der Waals surface area contributed by atoms with E-state index in [2.05, 4.69) is 10.2 Å². The van der Waals surface area contributed by atoms with Crippen LogP contribution in [-0.2, 0) is 4.74 Å². The van der Waals surface area contributed by atoms with Crippen LogP contribution in [0.15, 0.2) is 72.8 Å². The number of hydrogen-bond donors (Lipinski definition) is 1. The van der Waals surface area contributed by atoms with Gasteiger partial charge in [0.1, 0.15) is 11.4 Å². The first-order chi connectivity index (χ1) is 17.0. The number of para-hydroxylation sites is 1. The van der Waals surface area contributed by atoms with Crippen molar-refractivity contribution in [3.05, 3.63) is 101 Å². The molecule has 1 atom stereocenters. The van der Waals surface area contributed by atoms with E-state index in [0.29, 0.717) is 29.3 Å². The highest BCUT2D eigenvalue weighted by Crippen LogP contribution is 2.47. The Morgan fingerprint density at radius 3 is 2.43 bits per heavy atom. The lowest BCUT2D eigenvalue weighted by atomic mass is 9.95. The van der Waals surface area contributed by atoms with Gasteiger partial charge in [-0.2, -0.15) is 5.10 Å². The summed E-state index contributed by atoms with van der Waals surface area (Å²) in [7, 11) is 1.62. The van der Waals surface area contributed by atoms with Crippen LogP contribution in [0.2, 0.25) is 0 Å². The molecule has 1 amide bonds. The van der Waals surface area contributed by atoms with E-state index in [1.165, 1.54) is 0 Å². The smallest absolute Gasteiger partial charge is 0.338 e. The number of hydrogen-bond acceptors (Lipinski definition) is 5. The number of aromatic nitrogens is 2. The van der Waals surface area contributed by atoms with Crippen molar-refractivity contribution < 1.29 is 19.1 Å². The number of aryl methyl sites for hydroxylation is 1. The molecule has 7 heteroatoms. The second kappa shape index (κ2) is 9.10. The Hall–Kier alpha value is -4.39. The monoisotopic (exact) mass is 467 g/mol. The van der Waals surface area contributed by atoms with Gasteiger partial charge >= 0.3 is 5.97 Å². The van der Waals surface area contributed by atoms with Crippen molar-refractivity contribution in [3.8, 4) is 17.0 Å². The minimum Gasteiger partial charge on any atom is -0.496 e. The molecular weight excluding hydrogens is 442 g/mol. The Labute approximate surface area is 203 Å². The Balaban J connectivity index is 1.66. The average molecular weight is 468 g/mol. The van der Waals surface area contributed by atoms with E-state index in [9.17, 15) is 9.59 Å². The maximum absolute atomic E-state index is 13.7. The molecule has 5 rings (SSSR count). The third-order valence-corrected chi connectivity index (χ3v) is 6.18. The van der Waals surface area contributed by atoms with Crippen LogP contribution < -0.4 is 9.64 Å². The Morgan fingerprint density at radius 2 is 1.74 bits per heavy atom. The van der Waals surface area contributed by atoms with E-state index >= 15 is 0 Å². The fourth-order valence-electron chi connectivity index (χ4n) is 4.50. The number of esters is 1. The fourth-order valence-corrected chi connectivity index (χ4v) is 4.50. The highest BCUT2D eigenvalue weighted by molar-refractivity contribution is 6.12. The van der Waals surface area contributed by atoms with Crippen LogP contribution in [0.25, 0.3) is 11.3 Å². The van der Waals surface area contributed by atoms with Crippen LogP contribution in [0.5, 0.6) is 5.75 Å². The minimum atomic E-state index is -0.475. The van der Waals surface area contributed by atoms with Gasteiger partial charge in [0.25, 0.3) is 5.91 Å². The second-order valence-corrected chi connectivity index (χ2v) is 8.31. The summed E-state index contributed by atoms with van der Waals surface area (Å²) in [5.74, 6) is 0.0668. The molecule has 2 heterocycles. The molecule has 35 heavy (non-hydrogen) atoms. The summed E-state index contributed by atoms with van der Waals surface area (Å²) >= 11 is 0. The van der Waals surface area contributed by atoms with E-state index < -0.39 is 12.0 Å². The maximum atomic E-state index is 13.7. The van der Waals surface area contributed by atoms with E-state index in [0.717, 1.165) is 27.9 Å². The first-order valence-electron chi connectivity index (χ1n) is 11.4. The van der Waals surface area contributed by atoms with Crippen molar-refractivity contribution in [1.82, 2.24) is 10.2 Å². The molecule has 0 bridgehead atoms. The van der Waals surface area contributed by atoms with Gasteiger partial charge in [0.15, 0.2) is 0 Å². The summed E-state index contributed by atoms with van der Waals surface area (Å²) in [5, 5.41) is 7.51. The van der Waals surface area contributed by atoms with Crippen LogP contribution in [0.3, 0.4) is 0 Å². The zero-order chi connectivity index (χ0) is 24.5. The van der Waals surface area contributed by atoms with Crippen molar-refractivity contribution >= 4 is 17.6 Å². The average Bonchev–Trinajstić information content (AvgIpc) is 3.43. The van der Waals surface area contributed by atoms with Gasteiger partial charge in [-0.25, -0.2) is 4.79 Å². The zero-order valence-electron chi connectivity index (χ0n) is 19.7. The second-order valence-electron chi connectivity index (χ2n) is 8.31. The minimum absolute atomic E-state index is 0.203. The number of nitrogens with one attached hydrogen (secondary N) is 1. The van der Waals surface area contributed by atoms with Gasteiger partial charge in [-0.05, 0) is 44.2 Å². The van der Waals surface area contributed by atoms with E-state index in [1.54, 1.807) is 43.2 Å². The summed E-state index contributed by atoms with van der Waals surface area (Å²) in [6, 6.07) is 22.1. The Bertz CT molecular complexity index is 1390. The Kier molecular flexibility index (Phi) is 5.82. The van der Waals surface area contributed by atoms with Gasteiger partial charge in [-0.1, -0.05) is 48.0 Å². The fraction of sp³-hybridized carbons (Fsp3) is 0.179. The maximum Gasteiger partial charge on any atom is 0.338 e. The number of carbonyl (C=O) groups is 2. The van der Waals surface area contributed by atoms with Crippen LogP contribution in [0.4, 0.5) is 5.69 Å². The number of ether oxygens (including phenoxy) is 2. The first-order valence-corrected chi connectivity index (χ1v) is 11.4. The van der Waals surface area contributed by atoms with Crippen molar-refractivity contribution in [2.24, 2.45) is 0 Å². The van der Waals surface area contributed by atoms with E-state index in [-0.39, 0.29) is 5.91 Å². The number of benzene rings is 3. The lowest BCUT2D eigenvalue weighted by molar-refractivity contribution is 0.0526. The lowest BCUT2D eigenvalue weighted by Crippen LogP contribution is -2.29. The number of H-pyrrole nitrogens is 1. The predicted molar refractivity (Wildman–Crippen MR) is 133 cm³/mol. The predicted octanol–water partition coefficient (Wildman–Crippen LogP) is 5.32. The number of carbonyl (C=O) groups excluding carboxylic acids is 2. The third-order valence-electron chi connectivity index (χ3n) is 6.18. The largest absolute Gasteiger partial charge is 0.496 e. The quantitative estimate of drug-likeness (QED) is 0.388. The number of rotatable bonds is 6. The molecule has 0 saturated heterocycles. The molecule has 0 saturated carbocycles. The van der Waals surface area contributed by atoms with Gasteiger partial charge in [0, 0.05) is 22.4 Å². The van der Waals surface area contributed by atoms with Gasteiger partial charge < -0.3 is 9.47 Å². The molecule has 3 aromatic carbocycles. The van der Waals surface area contributed by atoms with Crippen molar-refractivity contribution in [2.45, 2.75) is 19.9 Å². The Morgan fingerprint density at radius 1 is 1.03 bits per heavy atom. The molecule has 7 nitrogen and oxygen atoms in total. The molecule has 0 aliphatic carbocycles. The first kappa shape index (κ1) is 22.4. The standard InChI is InChI=1S/C28H25N3O4/c1-4-35-28(33)19-13-15-20(16-14-19)31-26(21-7-5-6-8-22(21)34-3)23-24(29-30-25(23)27(31)32)18-11-9-17(2)10-12-18/h5-16,26H,4H2,1-3H3,(H,29,30)/t26-/m1/s1. The van der Waals surface area contributed by atoms with Gasteiger partial charge in [-0.15, -0.1) is 0 Å². The number of methoxy groups -OCH3 is 1. The third kappa shape index (κ3) is 3.85. The zero-order valence-corrected chi connectivity index (χ0v) is 19.7. The molecule has 1 aliphatic rings. The number of anilines is 1. The number of amides is 1. The molecule has 1 aromatic heterocycles. The van der Waals surface area contributed by atoms with E-state index in [1.807, 2.05) is 55.5 Å². The number of nitrogens with zero attached hydrogens (tertiary/aromatic N) is 2. The summed E-state index contributed by atoms with van der Waals surface area (Å²) in [5.41, 5.74) is 5.92. The van der Waals surface area contributed by atoms with E-state index in [4.69, 9.17) is 9.47 Å². The van der Waals surface area contributed by atoms with Gasteiger partial charge in [0.2, 0.25) is 0 Å². The number of aromatic amines is 1. The van der Waals surface area contributed by atoms with Crippen LogP contribution in [0.1, 0.15) is 50.5 Å². The van der Waals surface area contributed by atoms with Gasteiger partial charge in [0.05, 0.1) is 31.0 Å². The highest BCUT2D eigenvalue weighted by Gasteiger charge is 2.44. The topological polar surface area (TPSA) is 84.5 Å². The normalized spacial score (nSPS) is 14.7. The molecule has 0 spiro atoms. The summed E-state index contributed by atoms with van der Waals surface area (Å²) in [6.45, 7) is 4.09. The van der Waals surface area contributed by atoms with Crippen molar-refractivity contribution in [2.75, 3.05) is 18.6 Å². The summed E-state index contributed by atoms with van der Waals surface area (Å²) in [6.07, 6.45) is 0. The molecule has 0 fully saturated rings. The molecule has 176 valence electrons. The summed E-state index contributed by atoms with van der Waals surface area (Å²) < 4.78 is 10.8. The van der Waals surface area contributed by atoms with Crippen molar-refractivity contribution in [3.63, 3.8) is 0 Å². The molecule has 4 aromatic rings. The SMILES string of the molecule is CCOC(=O)c1ccc(N2C(=O)c3[nH]nc(-c4ccc(C)cc4)c3[C@H]2c2ccccc2OC)cc1. The van der Waals surface area contributed by atoms with Gasteiger partial charge in [-0.3, -0.25) is 14.8 Å². The molecule has 0 radical (unpaired) electrons. The molecule has 1 aliphatic heterocycles.